The molecule has 34 heavy (non-hydrogen) atoms. The SMILES string of the molecule is O=C(NN1CCC(CNCC(O)COc2ccc(Cl)c(F)c2)C1)c1ccc2cc(Cl)ccc2n1. The summed E-state index contributed by atoms with van der Waals surface area (Å²) >= 11 is 11.6. The van der Waals surface area contributed by atoms with Crippen LogP contribution in [0.2, 0.25) is 10.0 Å². The first-order valence-corrected chi connectivity index (χ1v) is 11.7. The van der Waals surface area contributed by atoms with Crippen molar-refractivity contribution in [3.05, 3.63) is 70.1 Å². The third-order valence-electron chi connectivity index (χ3n) is 5.58. The molecule has 2 unspecified atom stereocenters. The lowest BCUT2D eigenvalue weighted by Crippen LogP contribution is -2.41. The van der Waals surface area contributed by atoms with Gasteiger partial charge in [0.05, 0.1) is 10.5 Å². The van der Waals surface area contributed by atoms with Crippen LogP contribution in [0, 0.1) is 11.7 Å². The summed E-state index contributed by atoms with van der Waals surface area (Å²) in [5, 5.41) is 16.7. The number of amides is 1. The minimum absolute atomic E-state index is 0.0234. The number of aromatic nitrogens is 1. The molecule has 0 spiro atoms. The first kappa shape index (κ1) is 24.6. The number of rotatable bonds is 9. The van der Waals surface area contributed by atoms with Gasteiger partial charge in [-0.05, 0) is 55.3 Å². The maximum Gasteiger partial charge on any atom is 0.284 e. The predicted molar refractivity (Wildman–Crippen MR) is 130 cm³/mol. The van der Waals surface area contributed by atoms with Gasteiger partial charge in [0, 0.05) is 36.1 Å². The van der Waals surface area contributed by atoms with Crippen molar-refractivity contribution in [2.24, 2.45) is 5.92 Å². The van der Waals surface area contributed by atoms with Gasteiger partial charge < -0.3 is 15.2 Å². The Labute approximate surface area is 206 Å². The quantitative estimate of drug-likeness (QED) is 0.410. The molecule has 0 bridgehead atoms. The topological polar surface area (TPSA) is 86.7 Å². The summed E-state index contributed by atoms with van der Waals surface area (Å²) in [5.74, 6) is -0.180. The van der Waals surface area contributed by atoms with Gasteiger partial charge in [-0.1, -0.05) is 29.3 Å². The average Bonchev–Trinajstić information content (AvgIpc) is 3.26. The molecule has 1 aliphatic rings. The second kappa shape index (κ2) is 11.3. The second-order valence-corrected chi connectivity index (χ2v) is 9.12. The molecule has 10 heteroatoms. The molecule has 0 aliphatic carbocycles. The summed E-state index contributed by atoms with van der Waals surface area (Å²) in [7, 11) is 0. The van der Waals surface area contributed by atoms with Crippen LogP contribution >= 0.6 is 23.2 Å². The molecule has 1 aromatic heterocycles. The standard InChI is InChI=1S/C24H25Cl2FN4O3/c25-17-2-6-22-16(9-17)1-5-23(29-22)24(33)30-31-8-7-15(13-31)11-28-12-18(32)14-34-19-3-4-20(26)21(27)10-19/h1-6,9-10,15,18,28,32H,7-8,11-14H2,(H,30,33). The first-order valence-electron chi connectivity index (χ1n) is 11.0. The third-order valence-corrected chi connectivity index (χ3v) is 6.12. The summed E-state index contributed by atoms with van der Waals surface area (Å²) in [6.07, 6.45) is 0.165. The number of halogens is 3. The lowest BCUT2D eigenvalue weighted by atomic mass is 10.1. The fourth-order valence-electron chi connectivity index (χ4n) is 3.80. The Balaban J connectivity index is 1.17. The predicted octanol–water partition coefficient (Wildman–Crippen LogP) is 3.68. The number of aliphatic hydroxyl groups is 1. The van der Waals surface area contributed by atoms with E-state index >= 15 is 0 Å². The zero-order chi connectivity index (χ0) is 24.1. The van der Waals surface area contributed by atoms with Gasteiger partial charge in [0.2, 0.25) is 0 Å². The van der Waals surface area contributed by atoms with Gasteiger partial charge in [-0.2, -0.15) is 0 Å². The third kappa shape index (κ3) is 6.55. The van der Waals surface area contributed by atoms with Crippen molar-refractivity contribution in [3.8, 4) is 5.75 Å². The molecule has 1 aliphatic heterocycles. The molecule has 180 valence electrons. The highest BCUT2D eigenvalue weighted by atomic mass is 35.5. The largest absolute Gasteiger partial charge is 0.491 e. The fraction of sp³-hybridized carbons (Fsp3) is 0.333. The minimum atomic E-state index is -0.746. The van der Waals surface area contributed by atoms with Crippen molar-refractivity contribution >= 4 is 40.0 Å². The van der Waals surface area contributed by atoms with Crippen molar-refractivity contribution in [2.45, 2.75) is 12.5 Å². The van der Waals surface area contributed by atoms with E-state index in [1.165, 1.54) is 12.1 Å². The van der Waals surface area contributed by atoms with Gasteiger partial charge in [-0.15, -0.1) is 0 Å². The van der Waals surface area contributed by atoms with Crippen LogP contribution in [0.4, 0.5) is 4.39 Å². The Morgan fingerprint density at radius 1 is 1.24 bits per heavy atom. The molecule has 7 nitrogen and oxygen atoms in total. The smallest absolute Gasteiger partial charge is 0.284 e. The average molecular weight is 507 g/mol. The van der Waals surface area contributed by atoms with Gasteiger partial charge in [0.1, 0.15) is 30.0 Å². The number of nitrogens with one attached hydrogen (secondary N) is 2. The van der Waals surface area contributed by atoms with E-state index in [4.69, 9.17) is 27.9 Å². The van der Waals surface area contributed by atoms with Crippen LogP contribution in [0.1, 0.15) is 16.9 Å². The number of nitrogens with zero attached hydrogens (tertiary/aromatic N) is 2. The lowest BCUT2D eigenvalue weighted by molar-refractivity contribution is 0.0814. The molecule has 2 atom stereocenters. The number of ether oxygens (including phenoxy) is 1. The van der Waals surface area contributed by atoms with E-state index in [1.54, 1.807) is 24.3 Å². The number of carbonyl (C=O) groups excluding carboxylic acids is 1. The Kier molecular flexibility index (Phi) is 8.18. The van der Waals surface area contributed by atoms with E-state index in [9.17, 15) is 14.3 Å². The number of benzene rings is 2. The lowest BCUT2D eigenvalue weighted by Gasteiger charge is -2.18. The molecule has 1 saturated heterocycles. The number of pyridine rings is 1. The zero-order valence-corrected chi connectivity index (χ0v) is 19.8. The van der Waals surface area contributed by atoms with Gasteiger partial charge in [0.25, 0.3) is 5.91 Å². The first-order chi connectivity index (χ1) is 16.4. The van der Waals surface area contributed by atoms with Gasteiger partial charge in [0.15, 0.2) is 0 Å². The van der Waals surface area contributed by atoms with E-state index in [1.807, 2.05) is 17.1 Å². The summed E-state index contributed by atoms with van der Waals surface area (Å²) < 4.78 is 18.8. The van der Waals surface area contributed by atoms with Crippen LogP contribution in [0.25, 0.3) is 10.9 Å². The Morgan fingerprint density at radius 2 is 2.09 bits per heavy atom. The summed E-state index contributed by atoms with van der Waals surface area (Å²) in [6, 6.07) is 13.0. The molecule has 0 radical (unpaired) electrons. The van der Waals surface area contributed by atoms with Crippen molar-refractivity contribution in [2.75, 3.05) is 32.8 Å². The molecule has 3 aromatic rings. The van der Waals surface area contributed by atoms with E-state index in [0.29, 0.717) is 47.5 Å². The van der Waals surface area contributed by atoms with E-state index in [-0.39, 0.29) is 17.5 Å². The van der Waals surface area contributed by atoms with Gasteiger partial charge >= 0.3 is 0 Å². The highest BCUT2D eigenvalue weighted by molar-refractivity contribution is 6.31. The number of hydrogen-bond acceptors (Lipinski definition) is 6. The molecule has 4 rings (SSSR count). The number of hydrogen-bond donors (Lipinski definition) is 3. The monoisotopic (exact) mass is 506 g/mol. The number of aliphatic hydroxyl groups excluding tert-OH is 1. The molecule has 2 heterocycles. The van der Waals surface area contributed by atoms with Crippen molar-refractivity contribution in [1.29, 1.82) is 0 Å². The molecular weight excluding hydrogens is 482 g/mol. The molecule has 2 aromatic carbocycles. The molecule has 0 saturated carbocycles. The summed E-state index contributed by atoms with van der Waals surface area (Å²) in [6.45, 7) is 2.48. The molecular formula is C24H25Cl2FN4O3. The van der Waals surface area contributed by atoms with E-state index in [0.717, 1.165) is 18.4 Å². The molecule has 1 amide bonds. The van der Waals surface area contributed by atoms with Crippen LogP contribution in [0.5, 0.6) is 5.75 Å². The Bertz CT molecular complexity index is 1170. The minimum Gasteiger partial charge on any atom is -0.491 e. The number of fused-ring (bicyclic) bond motifs is 1. The van der Waals surface area contributed by atoms with Crippen LogP contribution in [0.3, 0.4) is 0 Å². The van der Waals surface area contributed by atoms with E-state index < -0.39 is 11.9 Å². The van der Waals surface area contributed by atoms with Gasteiger partial charge in [-0.3, -0.25) is 10.2 Å². The summed E-state index contributed by atoms with van der Waals surface area (Å²) in [5.41, 5.74) is 3.98. The van der Waals surface area contributed by atoms with Crippen molar-refractivity contribution < 1.29 is 19.0 Å². The van der Waals surface area contributed by atoms with Crippen molar-refractivity contribution in [1.82, 2.24) is 20.7 Å². The molecule has 1 fully saturated rings. The van der Waals surface area contributed by atoms with E-state index in [2.05, 4.69) is 15.7 Å². The number of carbonyl (C=O) groups is 1. The van der Waals surface area contributed by atoms with Gasteiger partial charge in [-0.25, -0.2) is 14.4 Å². The highest BCUT2D eigenvalue weighted by Crippen LogP contribution is 2.21. The van der Waals surface area contributed by atoms with Crippen molar-refractivity contribution in [3.63, 3.8) is 0 Å². The number of hydrazine groups is 1. The molecule has 3 N–H and O–H groups in total. The van der Waals surface area contributed by atoms with Crippen LogP contribution in [-0.2, 0) is 0 Å². The summed E-state index contributed by atoms with van der Waals surface area (Å²) in [4.78, 5) is 17.0. The Morgan fingerprint density at radius 3 is 2.91 bits per heavy atom. The zero-order valence-electron chi connectivity index (χ0n) is 18.3. The fourth-order valence-corrected chi connectivity index (χ4v) is 4.09. The van der Waals surface area contributed by atoms with Crippen LogP contribution in [0.15, 0.2) is 48.5 Å². The van der Waals surface area contributed by atoms with Crippen LogP contribution < -0.4 is 15.5 Å². The maximum atomic E-state index is 13.4. The second-order valence-electron chi connectivity index (χ2n) is 8.27. The highest BCUT2D eigenvalue weighted by Gasteiger charge is 2.24. The Hall–Kier alpha value is -2.49. The maximum absolute atomic E-state index is 13.4. The normalized spacial score (nSPS) is 17.1. The van der Waals surface area contributed by atoms with Crippen LogP contribution in [-0.4, -0.2) is 59.9 Å².